The topological polar surface area (TPSA) is 43.4 Å². The van der Waals surface area contributed by atoms with Crippen LogP contribution in [-0.4, -0.2) is 25.2 Å². The third-order valence-electron chi connectivity index (χ3n) is 2.92. The van der Waals surface area contributed by atoms with Crippen LogP contribution in [-0.2, 0) is 4.74 Å². The van der Waals surface area contributed by atoms with Gasteiger partial charge in [0.1, 0.15) is 5.76 Å². The van der Waals surface area contributed by atoms with Gasteiger partial charge in [0, 0.05) is 18.2 Å². The molecule has 0 aromatic carbocycles. The molecular weight excluding hydrogens is 228 g/mol. The lowest BCUT2D eigenvalue weighted by atomic mass is 10.1. The van der Waals surface area contributed by atoms with Crippen molar-refractivity contribution in [3.05, 3.63) is 35.7 Å². The second kappa shape index (κ2) is 6.40. The van der Waals surface area contributed by atoms with Crippen molar-refractivity contribution in [2.75, 3.05) is 20.3 Å². The molecule has 0 fully saturated rings. The summed E-state index contributed by atoms with van der Waals surface area (Å²) in [6.45, 7) is 3.85. The Balaban J connectivity index is 2.26. The average molecular weight is 248 g/mol. The zero-order chi connectivity index (χ0) is 12.8. The zero-order valence-electron chi connectivity index (χ0n) is 11.0. The molecule has 1 aromatic heterocycles. The van der Waals surface area contributed by atoms with E-state index in [1.54, 1.807) is 13.3 Å². The quantitative estimate of drug-likeness (QED) is 0.839. The highest BCUT2D eigenvalue weighted by Crippen LogP contribution is 2.31. The SMILES string of the molecule is CCCNC(C1=CCCO1)c1cccnc1OC. The van der Waals surface area contributed by atoms with Gasteiger partial charge in [0.2, 0.25) is 5.88 Å². The van der Waals surface area contributed by atoms with E-state index in [1.165, 1.54) is 0 Å². The summed E-state index contributed by atoms with van der Waals surface area (Å²) < 4.78 is 11.0. The van der Waals surface area contributed by atoms with E-state index in [0.717, 1.165) is 37.3 Å². The summed E-state index contributed by atoms with van der Waals surface area (Å²) in [5.41, 5.74) is 1.03. The molecule has 0 saturated carbocycles. The molecule has 18 heavy (non-hydrogen) atoms. The van der Waals surface area contributed by atoms with Crippen molar-refractivity contribution in [3.63, 3.8) is 0 Å². The molecule has 1 unspecified atom stereocenters. The Labute approximate surface area is 108 Å². The van der Waals surface area contributed by atoms with Crippen LogP contribution in [0.5, 0.6) is 5.88 Å². The standard InChI is InChI=1S/C14H20N2O2/c1-3-8-15-13(12-7-5-10-18-12)11-6-4-9-16-14(11)17-2/h4,6-7,9,13,15H,3,5,8,10H2,1-2H3. The van der Waals surface area contributed by atoms with Gasteiger partial charge in [-0.2, -0.15) is 0 Å². The number of methoxy groups -OCH3 is 1. The maximum atomic E-state index is 5.68. The molecule has 4 nitrogen and oxygen atoms in total. The van der Waals surface area contributed by atoms with Gasteiger partial charge in [0.25, 0.3) is 0 Å². The Morgan fingerprint density at radius 2 is 2.44 bits per heavy atom. The normalized spacial score (nSPS) is 16.0. The van der Waals surface area contributed by atoms with E-state index in [-0.39, 0.29) is 6.04 Å². The lowest BCUT2D eigenvalue weighted by molar-refractivity contribution is 0.213. The van der Waals surface area contributed by atoms with Crippen molar-refractivity contribution in [3.8, 4) is 5.88 Å². The number of nitrogens with zero attached hydrogens (tertiary/aromatic N) is 1. The van der Waals surface area contributed by atoms with Crippen LogP contribution >= 0.6 is 0 Å². The van der Waals surface area contributed by atoms with Gasteiger partial charge in [0.15, 0.2) is 0 Å². The summed E-state index contributed by atoms with van der Waals surface area (Å²) in [4.78, 5) is 4.25. The van der Waals surface area contributed by atoms with Crippen molar-refractivity contribution < 1.29 is 9.47 Å². The van der Waals surface area contributed by atoms with E-state index in [0.29, 0.717) is 5.88 Å². The third kappa shape index (κ3) is 2.82. The molecule has 0 radical (unpaired) electrons. The minimum absolute atomic E-state index is 0.0381. The van der Waals surface area contributed by atoms with E-state index in [9.17, 15) is 0 Å². The summed E-state index contributed by atoms with van der Waals surface area (Å²) in [5, 5.41) is 3.49. The number of hydrogen-bond donors (Lipinski definition) is 1. The first-order chi connectivity index (χ1) is 8.86. The Hall–Kier alpha value is -1.55. The average Bonchev–Trinajstić information content (AvgIpc) is 2.94. The molecule has 2 rings (SSSR count). The molecule has 0 spiro atoms. The van der Waals surface area contributed by atoms with Crippen molar-refractivity contribution in [1.82, 2.24) is 10.3 Å². The molecule has 1 N–H and O–H groups in total. The van der Waals surface area contributed by atoms with Crippen molar-refractivity contribution in [2.24, 2.45) is 0 Å². The number of rotatable bonds is 6. The Morgan fingerprint density at radius 3 is 3.11 bits per heavy atom. The molecule has 1 aromatic rings. The summed E-state index contributed by atoms with van der Waals surface area (Å²) >= 11 is 0. The number of nitrogens with one attached hydrogen (secondary N) is 1. The van der Waals surface area contributed by atoms with E-state index in [4.69, 9.17) is 9.47 Å². The number of hydrogen-bond acceptors (Lipinski definition) is 4. The number of ether oxygens (including phenoxy) is 2. The Morgan fingerprint density at radius 1 is 1.56 bits per heavy atom. The van der Waals surface area contributed by atoms with E-state index in [1.807, 2.05) is 12.1 Å². The molecule has 0 aliphatic carbocycles. The van der Waals surface area contributed by atoms with Crippen LogP contribution in [0.15, 0.2) is 30.2 Å². The lowest BCUT2D eigenvalue weighted by Gasteiger charge is -2.21. The first-order valence-corrected chi connectivity index (χ1v) is 6.42. The van der Waals surface area contributed by atoms with Gasteiger partial charge in [-0.3, -0.25) is 0 Å². The van der Waals surface area contributed by atoms with Gasteiger partial charge in [-0.1, -0.05) is 13.0 Å². The molecule has 1 atom stereocenters. The Bertz CT molecular complexity index is 418. The van der Waals surface area contributed by atoms with Crippen molar-refractivity contribution in [2.45, 2.75) is 25.8 Å². The zero-order valence-corrected chi connectivity index (χ0v) is 11.0. The van der Waals surface area contributed by atoms with Crippen molar-refractivity contribution in [1.29, 1.82) is 0 Å². The van der Waals surface area contributed by atoms with E-state index < -0.39 is 0 Å². The molecular formula is C14H20N2O2. The minimum Gasteiger partial charge on any atom is -0.496 e. The largest absolute Gasteiger partial charge is 0.496 e. The minimum atomic E-state index is 0.0381. The predicted molar refractivity (Wildman–Crippen MR) is 70.5 cm³/mol. The van der Waals surface area contributed by atoms with Crippen LogP contribution in [0.25, 0.3) is 0 Å². The second-order valence-electron chi connectivity index (χ2n) is 4.23. The highest BCUT2D eigenvalue weighted by atomic mass is 16.5. The summed E-state index contributed by atoms with van der Waals surface area (Å²) in [6, 6.07) is 3.99. The fourth-order valence-corrected chi connectivity index (χ4v) is 2.08. The summed E-state index contributed by atoms with van der Waals surface area (Å²) in [5.74, 6) is 1.64. The number of pyridine rings is 1. The maximum absolute atomic E-state index is 5.68. The van der Waals surface area contributed by atoms with Crippen LogP contribution in [0.3, 0.4) is 0 Å². The molecule has 2 heterocycles. The molecule has 1 aliphatic heterocycles. The third-order valence-corrected chi connectivity index (χ3v) is 2.92. The van der Waals surface area contributed by atoms with Crippen LogP contribution in [0, 0.1) is 0 Å². The number of aromatic nitrogens is 1. The molecule has 0 bridgehead atoms. The van der Waals surface area contributed by atoms with Gasteiger partial charge >= 0.3 is 0 Å². The lowest BCUT2D eigenvalue weighted by Crippen LogP contribution is -2.25. The highest BCUT2D eigenvalue weighted by molar-refractivity contribution is 5.34. The summed E-state index contributed by atoms with van der Waals surface area (Å²) in [6.07, 6.45) is 5.93. The monoisotopic (exact) mass is 248 g/mol. The van der Waals surface area contributed by atoms with Crippen molar-refractivity contribution >= 4 is 0 Å². The van der Waals surface area contributed by atoms with Crippen LogP contribution in [0.4, 0.5) is 0 Å². The maximum Gasteiger partial charge on any atom is 0.218 e. The van der Waals surface area contributed by atoms with Crippen LogP contribution < -0.4 is 10.1 Å². The first-order valence-electron chi connectivity index (χ1n) is 6.42. The van der Waals surface area contributed by atoms with Gasteiger partial charge < -0.3 is 14.8 Å². The van der Waals surface area contributed by atoms with E-state index >= 15 is 0 Å². The second-order valence-corrected chi connectivity index (χ2v) is 4.23. The van der Waals surface area contributed by atoms with Crippen LogP contribution in [0.2, 0.25) is 0 Å². The van der Waals surface area contributed by atoms with Gasteiger partial charge in [-0.25, -0.2) is 4.98 Å². The fraction of sp³-hybridized carbons (Fsp3) is 0.500. The van der Waals surface area contributed by atoms with Gasteiger partial charge in [-0.05, 0) is 25.1 Å². The Kier molecular flexibility index (Phi) is 4.59. The summed E-state index contributed by atoms with van der Waals surface area (Å²) in [7, 11) is 1.65. The molecule has 1 aliphatic rings. The fourth-order valence-electron chi connectivity index (χ4n) is 2.08. The smallest absolute Gasteiger partial charge is 0.218 e. The molecule has 0 amide bonds. The van der Waals surface area contributed by atoms with Gasteiger partial charge in [0.05, 0.1) is 19.8 Å². The highest BCUT2D eigenvalue weighted by Gasteiger charge is 2.23. The van der Waals surface area contributed by atoms with Gasteiger partial charge in [-0.15, -0.1) is 0 Å². The molecule has 4 heteroatoms. The van der Waals surface area contributed by atoms with Crippen LogP contribution in [0.1, 0.15) is 31.4 Å². The first kappa shape index (κ1) is 12.9. The van der Waals surface area contributed by atoms with E-state index in [2.05, 4.69) is 23.3 Å². The molecule has 0 saturated heterocycles. The predicted octanol–water partition coefficient (Wildman–Crippen LogP) is 2.44. The molecule has 98 valence electrons.